The molecule has 3 N–H and O–H groups in total. The van der Waals surface area contributed by atoms with Gasteiger partial charge in [0, 0.05) is 13.1 Å². The third-order valence-corrected chi connectivity index (χ3v) is 2.81. The van der Waals surface area contributed by atoms with E-state index in [-0.39, 0.29) is 24.0 Å². The molecule has 0 saturated carbocycles. The summed E-state index contributed by atoms with van der Waals surface area (Å²) in [7, 11) is 3.32. The summed E-state index contributed by atoms with van der Waals surface area (Å²) in [6, 6.07) is 5.76. The molecule has 1 aromatic rings. The summed E-state index contributed by atoms with van der Waals surface area (Å²) in [5.41, 5.74) is 6.88. The lowest BCUT2D eigenvalue weighted by molar-refractivity contribution is 0.398. The van der Waals surface area contributed by atoms with E-state index in [0.717, 1.165) is 30.0 Å². The van der Waals surface area contributed by atoms with Crippen molar-refractivity contribution >= 4 is 29.9 Å². The normalized spacial score (nSPS) is 11.0. The molecule has 0 aliphatic heterocycles. The lowest BCUT2D eigenvalue weighted by Gasteiger charge is -2.11. The minimum absolute atomic E-state index is 0. The maximum absolute atomic E-state index is 5.80. The van der Waals surface area contributed by atoms with Gasteiger partial charge in [0.2, 0.25) is 0 Å². The number of hydrogen-bond donors (Lipinski definition) is 2. The van der Waals surface area contributed by atoms with E-state index in [1.54, 1.807) is 14.2 Å². The van der Waals surface area contributed by atoms with Gasteiger partial charge in [-0.05, 0) is 36.1 Å². The van der Waals surface area contributed by atoms with Crippen LogP contribution in [0.1, 0.15) is 19.4 Å². The van der Waals surface area contributed by atoms with Gasteiger partial charge < -0.3 is 20.5 Å². The minimum atomic E-state index is 0. The number of rotatable bonds is 7. The van der Waals surface area contributed by atoms with Gasteiger partial charge in [-0.25, -0.2) is 0 Å². The van der Waals surface area contributed by atoms with Gasteiger partial charge in [-0.2, -0.15) is 0 Å². The molecule has 0 aliphatic rings. The number of ether oxygens (including phenoxy) is 2. The Morgan fingerprint density at radius 2 is 2.00 bits per heavy atom. The first-order valence-corrected chi connectivity index (χ1v) is 6.81. The third-order valence-electron chi connectivity index (χ3n) is 2.81. The first-order chi connectivity index (χ1) is 9.56. The predicted octanol–water partition coefficient (Wildman–Crippen LogP) is 2.42. The Morgan fingerprint density at radius 1 is 1.29 bits per heavy atom. The average molecular weight is 407 g/mol. The number of aliphatic imine (C=N–C) groups is 1. The molecule has 120 valence electrons. The number of nitrogens with two attached hydrogens (primary N) is 1. The van der Waals surface area contributed by atoms with Crippen molar-refractivity contribution in [3.05, 3.63) is 23.8 Å². The molecule has 0 spiro atoms. The lowest BCUT2D eigenvalue weighted by Crippen LogP contribution is -2.33. The number of nitrogens with one attached hydrogen (secondary N) is 1. The van der Waals surface area contributed by atoms with Crippen LogP contribution < -0.4 is 20.5 Å². The number of methoxy groups -OCH3 is 2. The third kappa shape index (κ3) is 7.40. The van der Waals surface area contributed by atoms with Crippen molar-refractivity contribution < 1.29 is 9.47 Å². The van der Waals surface area contributed by atoms with Gasteiger partial charge in [-0.3, -0.25) is 4.99 Å². The molecular formula is C15H26IN3O2. The van der Waals surface area contributed by atoms with Crippen molar-refractivity contribution in [3.63, 3.8) is 0 Å². The van der Waals surface area contributed by atoms with Crippen LogP contribution in [0.3, 0.4) is 0 Å². The molecule has 0 bridgehead atoms. The molecule has 0 saturated heterocycles. The molecule has 5 nitrogen and oxygen atoms in total. The molecular weight excluding hydrogens is 381 g/mol. The maximum atomic E-state index is 5.80. The first kappa shape index (κ1) is 19.8. The Kier molecular flexibility index (Phi) is 9.94. The number of halogens is 1. The zero-order valence-electron chi connectivity index (χ0n) is 13.2. The van der Waals surface area contributed by atoms with E-state index in [2.05, 4.69) is 24.2 Å². The van der Waals surface area contributed by atoms with E-state index in [9.17, 15) is 0 Å². The van der Waals surface area contributed by atoms with Crippen molar-refractivity contribution in [1.82, 2.24) is 5.32 Å². The Hall–Kier alpha value is -1.18. The van der Waals surface area contributed by atoms with Crippen molar-refractivity contribution in [2.24, 2.45) is 16.6 Å². The van der Waals surface area contributed by atoms with E-state index in [1.165, 1.54) is 0 Å². The molecule has 0 fully saturated rings. The molecule has 1 rings (SSSR count). The van der Waals surface area contributed by atoms with Gasteiger partial charge >= 0.3 is 0 Å². The Labute approximate surface area is 144 Å². The zero-order valence-corrected chi connectivity index (χ0v) is 15.5. The number of benzene rings is 1. The highest BCUT2D eigenvalue weighted by molar-refractivity contribution is 14.0. The van der Waals surface area contributed by atoms with Crippen LogP contribution in [0.4, 0.5) is 0 Å². The van der Waals surface area contributed by atoms with E-state index in [4.69, 9.17) is 15.2 Å². The van der Waals surface area contributed by atoms with Crippen LogP contribution in [-0.2, 0) is 6.42 Å². The molecule has 0 radical (unpaired) electrons. The van der Waals surface area contributed by atoms with Gasteiger partial charge in [0.1, 0.15) is 11.5 Å². The first-order valence-electron chi connectivity index (χ1n) is 6.81. The van der Waals surface area contributed by atoms with Crippen LogP contribution in [0.5, 0.6) is 11.5 Å². The van der Waals surface area contributed by atoms with Gasteiger partial charge in [0.15, 0.2) is 5.96 Å². The second-order valence-electron chi connectivity index (χ2n) is 4.97. The van der Waals surface area contributed by atoms with Crippen LogP contribution in [0.2, 0.25) is 0 Å². The van der Waals surface area contributed by atoms with E-state index >= 15 is 0 Å². The second-order valence-corrected chi connectivity index (χ2v) is 4.97. The fraction of sp³-hybridized carbons (Fsp3) is 0.533. The standard InChI is InChI=1S/C15H25N3O2.HI/c1-11(2)10-18-15(16)17-8-7-12-9-13(19-3)5-6-14(12)20-4;/h5-6,9,11H,7-8,10H2,1-4H3,(H3,16,17,18);1H. The molecule has 6 heteroatoms. The molecule has 21 heavy (non-hydrogen) atoms. The largest absolute Gasteiger partial charge is 0.497 e. The summed E-state index contributed by atoms with van der Waals surface area (Å²) in [6.07, 6.45) is 0.790. The number of guanidine groups is 1. The van der Waals surface area contributed by atoms with E-state index < -0.39 is 0 Å². The van der Waals surface area contributed by atoms with Gasteiger partial charge in [-0.1, -0.05) is 13.8 Å². The summed E-state index contributed by atoms with van der Waals surface area (Å²) >= 11 is 0. The molecule has 0 unspecified atom stereocenters. The van der Waals surface area contributed by atoms with Crippen molar-refractivity contribution in [1.29, 1.82) is 0 Å². The smallest absolute Gasteiger partial charge is 0.188 e. The predicted molar refractivity (Wildman–Crippen MR) is 98.0 cm³/mol. The molecule has 0 atom stereocenters. The van der Waals surface area contributed by atoms with Crippen LogP contribution >= 0.6 is 24.0 Å². The summed E-state index contributed by atoms with van der Waals surface area (Å²) in [5.74, 6) is 2.67. The van der Waals surface area contributed by atoms with Crippen molar-refractivity contribution in [2.75, 3.05) is 27.3 Å². The quantitative estimate of drug-likeness (QED) is 0.414. The fourth-order valence-electron chi connectivity index (χ4n) is 1.74. The van der Waals surface area contributed by atoms with Crippen LogP contribution in [0, 0.1) is 5.92 Å². The molecule has 0 aromatic heterocycles. The highest BCUT2D eigenvalue weighted by Gasteiger charge is 2.05. The lowest BCUT2D eigenvalue weighted by atomic mass is 10.1. The SMILES string of the molecule is COc1ccc(OC)c(CCNC(N)=NCC(C)C)c1.I. The average Bonchev–Trinajstić information content (AvgIpc) is 2.45. The minimum Gasteiger partial charge on any atom is -0.497 e. The van der Waals surface area contributed by atoms with Crippen molar-refractivity contribution in [2.45, 2.75) is 20.3 Å². The van der Waals surface area contributed by atoms with Crippen LogP contribution in [0.25, 0.3) is 0 Å². The topological polar surface area (TPSA) is 68.9 Å². The maximum Gasteiger partial charge on any atom is 0.188 e. The van der Waals surface area contributed by atoms with Gasteiger partial charge in [0.05, 0.1) is 14.2 Å². The second kappa shape index (κ2) is 10.5. The van der Waals surface area contributed by atoms with Crippen LogP contribution in [-0.4, -0.2) is 33.3 Å². The molecule has 1 aromatic carbocycles. The zero-order chi connectivity index (χ0) is 15.0. The highest BCUT2D eigenvalue weighted by atomic mass is 127. The molecule has 0 heterocycles. The Morgan fingerprint density at radius 3 is 2.57 bits per heavy atom. The Balaban J connectivity index is 0.00000400. The van der Waals surface area contributed by atoms with Gasteiger partial charge in [-0.15, -0.1) is 24.0 Å². The highest BCUT2D eigenvalue weighted by Crippen LogP contribution is 2.23. The number of nitrogens with zero attached hydrogens (tertiary/aromatic N) is 1. The molecule has 0 aliphatic carbocycles. The summed E-state index contributed by atoms with van der Waals surface area (Å²) in [4.78, 5) is 4.26. The van der Waals surface area contributed by atoms with Crippen molar-refractivity contribution in [3.8, 4) is 11.5 Å². The van der Waals surface area contributed by atoms with Gasteiger partial charge in [0.25, 0.3) is 0 Å². The summed E-state index contributed by atoms with van der Waals surface area (Å²) in [6.45, 7) is 5.66. The molecule has 0 amide bonds. The number of hydrogen-bond acceptors (Lipinski definition) is 3. The fourth-order valence-corrected chi connectivity index (χ4v) is 1.74. The Bertz CT molecular complexity index is 451. The summed E-state index contributed by atoms with van der Waals surface area (Å²) < 4.78 is 10.6. The van der Waals surface area contributed by atoms with E-state index in [1.807, 2.05) is 18.2 Å². The monoisotopic (exact) mass is 407 g/mol. The van der Waals surface area contributed by atoms with E-state index in [0.29, 0.717) is 18.4 Å². The van der Waals surface area contributed by atoms with Crippen LogP contribution in [0.15, 0.2) is 23.2 Å². The summed E-state index contributed by atoms with van der Waals surface area (Å²) in [5, 5.41) is 3.11.